The Balaban J connectivity index is 1.60. The zero-order valence-electron chi connectivity index (χ0n) is 15.4. The molecule has 8 nitrogen and oxygen atoms in total. The van der Waals surface area contributed by atoms with Crippen LogP contribution in [0.5, 0.6) is 0 Å². The molecule has 27 heavy (non-hydrogen) atoms. The molecule has 0 aliphatic heterocycles. The van der Waals surface area contributed by atoms with E-state index in [1.165, 1.54) is 6.92 Å². The number of aliphatic hydroxyl groups is 1. The molecule has 1 atom stereocenters. The van der Waals surface area contributed by atoms with Crippen molar-refractivity contribution in [3.8, 4) is 0 Å². The first-order valence-corrected chi connectivity index (χ1v) is 9.09. The average molecular weight is 366 g/mol. The topological polar surface area (TPSA) is 106 Å². The Morgan fingerprint density at radius 2 is 2.04 bits per heavy atom. The van der Waals surface area contributed by atoms with Crippen LogP contribution in [0.25, 0.3) is 11.2 Å². The summed E-state index contributed by atoms with van der Waals surface area (Å²) in [4.78, 5) is 29.9. The Hall–Kier alpha value is -2.87. The molecule has 3 aromatic heterocycles. The summed E-state index contributed by atoms with van der Waals surface area (Å²) in [5.74, 6) is 0.340. The van der Waals surface area contributed by atoms with Crippen molar-refractivity contribution in [3.05, 3.63) is 42.1 Å². The fourth-order valence-electron chi connectivity index (χ4n) is 3.29. The quantitative estimate of drug-likeness (QED) is 0.719. The molecule has 4 rings (SSSR count). The van der Waals surface area contributed by atoms with Crippen molar-refractivity contribution in [1.82, 2.24) is 24.5 Å². The summed E-state index contributed by atoms with van der Waals surface area (Å²) >= 11 is 0. The molecule has 0 aromatic carbocycles. The van der Waals surface area contributed by atoms with E-state index in [-0.39, 0.29) is 24.2 Å². The minimum absolute atomic E-state index is 0.169. The molecule has 0 unspecified atom stereocenters. The highest BCUT2D eigenvalue weighted by atomic mass is 16.3. The van der Waals surface area contributed by atoms with Crippen molar-refractivity contribution in [2.75, 3.05) is 5.32 Å². The first-order chi connectivity index (χ1) is 12.9. The molecule has 3 aromatic rings. The van der Waals surface area contributed by atoms with Gasteiger partial charge in [0.05, 0.1) is 6.42 Å². The summed E-state index contributed by atoms with van der Waals surface area (Å²) in [7, 11) is 0. The Bertz CT molecular complexity index is 979. The zero-order valence-corrected chi connectivity index (χ0v) is 15.4. The molecule has 1 aliphatic rings. The van der Waals surface area contributed by atoms with Gasteiger partial charge in [-0.1, -0.05) is 0 Å². The second-order valence-corrected chi connectivity index (χ2v) is 7.26. The average Bonchev–Trinajstić information content (AvgIpc) is 2.91. The monoisotopic (exact) mass is 366 g/mol. The van der Waals surface area contributed by atoms with Gasteiger partial charge in [0, 0.05) is 24.1 Å². The number of anilines is 1. The Kier molecular flexibility index (Phi) is 4.35. The number of imidazole rings is 1. The first-order valence-electron chi connectivity index (χ1n) is 9.09. The Morgan fingerprint density at radius 1 is 1.30 bits per heavy atom. The number of aromatic nitrogens is 5. The van der Waals surface area contributed by atoms with Crippen LogP contribution in [-0.2, 0) is 10.4 Å². The van der Waals surface area contributed by atoms with Crippen molar-refractivity contribution < 1.29 is 9.90 Å². The lowest BCUT2D eigenvalue weighted by Crippen LogP contribution is -2.31. The number of carbonyl (C=O) groups is 1. The first kappa shape index (κ1) is 17.5. The van der Waals surface area contributed by atoms with Crippen molar-refractivity contribution in [2.45, 2.75) is 51.2 Å². The number of fused-ring (bicyclic) bond motifs is 1. The van der Waals surface area contributed by atoms with Crippen molar-refractivity contribution in [1.29, 1.82) is 0 Å². The molecule has 1 saturated carbocycles. The summed E-state index contributed by atoms with van der Waals surface area (Å²) in [5, 5.41) is 13.5. The van der Waals surface area contributed by atoms with Gasteiger partial charge in [-0.15, -0.1) is 0 Å². The highest BCUT2D eigenvalue weighted by molar-refractivity contribution is 5.91. The predicted molar refractivity (Wildman–Crippen MR) is 100 cm³/mol. The highest BCUT2D eigenvalue weighted by Crippen LogP contribution is 2.36. The molecular formula is C19H22N6O2. The normalized spacial score (nSPS) is 16.7. The van der Waals surface area contributed by atoms with Crippen LogP contribution in [0.2, 0.25) is 0 Å². The lowest BCUT2D eigenvalue weighted by Gasteiger charge is -2.28. The lowest BCUT2D eigenvalue weighted by molar-refractivity contribution is -0.121. The SMILES string of the molecule is Cc1ccc2nc(NC(=O)C[C@](C)(O)c3ncccn3)n(C3CCC3)c2n1. The maximum atomic E-state index is 12.6. The molecule has 1 fully saturated rings. The largest absolute Gasteiger partial charge is 0.382 e. The van der Waals surface area contributed by atoms with Gasteiger partial charge in [0.2, 0.25) is 11.9 Å². The van der Waals surface area contributed by atoms with Crippen LogP contribution in [-0.4, -0.2) is 35.5 Å². The second-order valence-electron chi connectivity index (χ2n) is 7.26. The third kappa shape index (κ3) is 3.40. The molecule has 0 spiro atoms. The molecular weight excluding hydrogens is 344 g/mol. The molecule has 140 valence electrons. The molecule has 0 bridgehead atoms. The third-order valence-corrected chi connectivity index (χ3v) is 4.92. The van der Waals surface area contributed by atoms with E-state index in [2.05, 4.69) is 25.3 Å². The molecule has 1 amide bonds. The molecule has 1 aliphatic carbocycles. The van der Waals surface area contributed by atoms with Gasteiger partial charge in [0.25, 0.3) is 0 Å². The molecule has 8 heteroatoms. The van der Waals surface area contributed by atoms with Gasteiger partial charge in [-0.05, 0) is 51.3 Å². The summed E-state index contributed by atoms with van der Waals surface area (Å²) in [6.07, 6.45) is 6.15. The van der Waals surface area contributed by atoms with E-state index < -0.39 is 5.60 Å². The zero-order chi connectivity index (χ0) is 19.0. The van der Waals surface area contributed by atoms with Gasteiger partial charge >= 0.3 is 0 Å². The molecule has 0 radical (unpaired) electrons. The van der Waals surface area contributed by atoms with Crippen LogP contribution in [0.4, 0.5) is 5.95 Å². The van der Waals surface area contributed by atoms with Crippen molar-refractivity contribution in [3.63, 3.8) is 0 Å². The number of hydrogen-bond acceptors (Lipinski definition) is 6. The number of nitrogens with zero attached hydrogens (tertiary/aromatic N) is 5. The third-order valence-electron chi connectivity index (χ3n) is 4.92. The van der Waals surface area contributed by atoms with Gasteiger partial charge < -0.3 is 5.11 Å². The summed E-state index contributed by atoms with van der Waals surface area (Å²) in [5.41, 5.74) is 0.979. The van der Waals surface area contributed by atoms with Gasteiger partial charge in [-0.2, -0.15) is 0 Å². The highest BCUT2D eigenvalue weighted by Gasteiger charge is 2.31. The van der Waals surface area contributed by atoms with Gasteiger partial charge in [0.1, 0.15) is 11.1 Å². The van der Waals surface area contributed by atoms with Crippen molar-refractivity contribution >= 4 is 23.0 Å². The van der Waals surface area contributed by atoms with Crippen LogP contribution in [0.3, 0.4) is 0 Å². The van der Waals surface area contributed by atoms with Crippen LogP contribution in [0, 0.1) is 6.92 Å². The van der Waals surface area contributed by atoms with E-state index >= 15 is 0 Å². The van der Waals surface area contributed by atoms with E-state index in [1.807, 2.05) is 23.6 Å². The van der Waals surface area contributed by atoms with Gasteiger partial charge in [-0.3, -0.25) is 14.7 Å². The molecule has 0 saturated heterocycles. The van der Waals surface area contributed by atoms with Crippen molar-refractivity contribution in [2.24, 2.45) is 0 Å². The number of pyridine rings is 1. The van der Waals surface area contributed by atoms with E-state index in [0.717, 1.165) is 36.1 Å². The fourth-order valence-corrected chi connectivity index (χ4v) is 3.29. The van der Waals surface area contributed by atoms with Crippen LogP contribution in [0.15, 0.2) is 30.6 Å². The smallest absolute Gasteiger partial charge is 0.230 e. The van der Waals surface area contributed by atoms with Crippen LogP contribution in [0.1, 0.15) is 50.2 Å². The maximum Gasteiger partial charge on any atom is 0.230 e. The van der Waals surface area contributed by atoms with Gasteiger partial charge in [0.15, 0.2) is 11.5 Å². The number of hydrogen-bond donors (Lipinski definition) is 2. The van der Waals surface area contributed by atoms with E-state index in [0.29, 0.717) is 5.95 Å². The Morgan fingerprint density at radius 3 is 2.70 bits per heavy atom. The van der Waals surface area contributed by atoms with E-state index in [4.69, 9.17) is 0 Å². The Labute approximate surface area is 156 Å². The minimum Gasteiger partial charge on any atom is -0.382 e. The van der Waals surface area contributed by atoms with E-state index in [1.54, 1.807) is 18.5 Å². The number of carbonyl (C=O) groups excluding carboxylic acids is 1. The predicted octanol–water partition coefficient (Wildman–Crippen LogP) is 2.49. The number of rotatable bonds is 5. The lowest BCUT2D eigenvalue weighted by atomic mass is 9.93. The maximum absolute atomic E-state index is 12.6. The summed E-state index contributed by atoms with van der Waals surface area (Å²) in [6, 6.07) is 5.77. The fraction of sp³-hybridized carbons (Fsp3) is 0.421. The summed E-state index contributed by atoms with van der Waals surface area (Å²) in [6.45, 7) is 3.47. The second kappa shape index (κ2) is 6.70. The standard InChI is InChI=1S/C19H22N6O2/c1-12-7-8-14-16(22-12)25(13-5-3-6-13)18(23-14)24-15(26)11-19(2,27)17-20-9-4-10-21-17/h4,7-10,13,27H,3,5-6,11H2,1-2H3,(H,23,24,26)/t19-/m0/s1. The van der Waals surface area contributed by atoms with Crippen LogP contribution >= 0.6 is 0 Å². The van der Waals surface area contributed by atoms with Crippen LogP contribution < -0.4 is 5.32 Å². The number of aryl methyl sites for hydroxylation is 1. The minimum atomic E-state index is -1.46. The number of amides is 1. The summed E-state index contributed by atoms with van der Waals surface area (Å²) < 4.78 is 2.01. The molecule has 2 N–H and O–H groups in total. The molecule has 3 heterocycles. The number of nitrogens with one attached hydrogen (secondary N) is 1. The van der Waals surface area contributed by atoms with E-state index in [9.17, 15) is 9.90 Å². The van der Waals surface area contributed by atoms with Gasteiger partial charge in [-0.25, -0.2) is 19.9 Å².